The van der Waals surface area contributed by atoms with E-state index < -0.39 is 0 Å². The van der Waals surface area contributed by atoms with E-state index in [1.54, 1.807) is 0 Å². The minimum Gasteiger partial charge on any atom is -0.374 e. The molecule has 0 bridgehead atoms. The molecule has 19 heavy (non-hydrogen) atoms. The van der Waals surface area contributed by atoms with Crippen LogP contribution in [0.5, 0.6) is 0 Å². The number of ether oxygens (including phenoxy) is 1. The molecular weight excluding hydrogens is 281 g/mol. The van der Waals surface area contributed by atoms with Gasteiger partial charge in [0.2, 0.25) is 0 Å². The maximum atomic E-state index is 6.42. The summed E-state index contributed by atoms with van der Waals surface area (Å²) in [5.41, 5.74) is 7.39. The first-order valence-corrected chi connectivity index (χ1v) is 7.66. The molecule has 0 radical (unpaired) electrons. The van der Waals surface area contributed by atoms with Gasteiger partial charge in [-0.1, -0.05) is 42.1 Å². The summed E-state index contributed by atoms with van der Waals surface area (Å²) in [6.07, 6.45) is 5.30. The van der Waals surface area contributed by atoms with Gasteiger partial charge in [0.25, 0.3) is 0 Å². The normalized spacial score (nSPS) is 19.6. The maximum Gasteiger partial charge on any atom is 0.0835 e. The Morgan fingerprint density at radius 2 is 1.95 bits per heavy atom. The van der Waals surface area contributed by atoms with Crippen molar-refractivity contribution in [3.63, 3.8) is 0 Å². The highest BCUT2D eigenvalue weighted by molar-refractivity contribution is 6.42. The molecule has 0 spiro atoms. The average molecular weight is 302 g/mol. The van der Waals surface area contributed by atoms with Crippen molar-refractivity contribution in [1.82, 2.24) is 0 Å². The lowest BCUT2D eigenvalue weighted by Crippen LogP contribution is -2.49. The smallest absolute Gasteiger partial charge is 0.0835 e. The van der Waals surface area contributed by atoms with Gasteiger partial charge in [-0.25, -0.2) is 0 Å². The molecule has 2 nitrogen and oxygen atoms in total. The highest BCUT2D eigenvalue weighted by atomic mass is 35.5. The van der Waals surface area contributed by atoms with Crippen LogP contribution in [-0.2, 0) is 11.2 Å². The standard InChI is InChI=1S/C15H21Cl2NO/c1-2-19-15(7-3-4-8-15)14(18)10-11-5-6-12(16)13(17)9-11/h5-6,9,14H,2-4,7-8,10,18H2,1H3. The summed E-state index contributed by atoms with van der Waals surface area (Å²) in [6, 6.07) is 5.72. The van der Waals surface area contributed by atoms with Crippen molar-refractivity contribution < 1.29 is 4.74 Å². The Balaban J connectivity index is 2.10. The summed E-state index contributed by atoms with van der Waals surface area (Å²) in [5.74, 6) is 0. The van der Waals surface area contributed by atoms with Gasteiger partial charge in [-0.15, -0.1) is 0 Å². The van der Waals surface area contributed by atoms with E-state index in [0.29, 0.717) is 10.0 Å². The Kier molecular flexibility index (Phi) is 5.13. The predicted octanol–water partition coefficient (Wildman–Crippen LogP) is 4.21. The van der Waals surface area contributed by atoms with Crippen LogP contribution in [0.3, 0.4) is 0 Å². The second kappa shape index (κ2) is 6.45. The molecule has 2 N–H and O–H groups in total. The van der Waals surface area contributed by atoms with E-state index in [-0.39, 0.29) is 11.6 Å². The number of nitrogens with two attached hydrogens (primary N) is 1. The van der Waals surface area contributed by atoms with Gasteiger partial charge < -0.3 is 10.5 Å². The van der Waals surface area contributed by atoms with Gasteiger partial charge in [0.15, 0.2) is 0 Å². The summed E-state index contributed by atoms with van der Waals surface area (Å²) >= 11 is 12.0. The fourth-order valence-electron chi connectivity index (χ4n) is 2.99. The molecule has 1 aliphatic rings. The third-order valence-corrected chi connectivity index (χ3v) is 4.74. The van der Waals surface area contributed by atoms with Crippen molar-refractivity contribution in [2.24, 2.45) is 5.73 Å². The van der Waals surface area contributed by atoms with Crippen molar-refractivity contribution in [3.8, 4) is 0 Å². The number of hydrogen-bond donors (Lipinski definition) is 1. The fourth-order valence-corrected chi connectivity index (χ4v) is 3.31. The summed E-state index contributed by atoms with van der Waals surface area (Å²) < 4.78 is 5.99. The molecule has 1 aliphatic carbocycles. The molecule has 1 aromatic rings. The minimum atomic E-state index is -0.152. The zero-order chi connectivity index (χ0) is 13.9. The summed E-state index contributed by atoms with van der Waals surface area (Å²) in [6.45, 7) is 2.75. The number of benzene rings is 1. The Labute approximate surface area is 125 Å². The zero-order valence-corrected chi connectivity index (χ0v) is 12.8. The summed E-state index contributed by atoms with van der Waals surface area (Å²) in [5, 5.41) is 1.17. The molecule has 0 aliphatic heterocycles. The third-order valence-electron chi connectivity index (χ3n) is 4.00. The van der Waals surface area contributed by atoms with Gasteiger partial charge >= 0.3 is 0 Å². The first kappa shape index (κ1) is 15.1. The van der Waals surface area contributed by atoms with E-state index >= 15 is 0 Å². The van der Waals surface area contributed by atoms with E-state index in [1.165, 1.54) is 12.8 Å². The van der Waals surface area contributed by atoms with Crippen molar-refractivity contribution in [1.29, 1.82) is 0 Å². The van der Waals surface area contributed by atoms with Gasteiger partial charge in [0.05, 0.1) is 15.6 Å². The van der Waals surface area contributed by atoms with Crippen LogP contribution in [0, 0.1) is 0 Å². The lowest BCUT2D eigenvalue weighted by Gasteiger charge is -2.35. The van der Waals surface area contributed by atoms with Crippen LogP contribution in [0.25, 0.3) is 0 Å². The monoisotopic (exact) mass is 301 g/mol. The first-order chi connectivity index (χ1) is 9.07. The van der Waals surface area contributed by atoms with Gasteiger partial charge in [-0.2, -0.15) is 0 Å². The van der Waals surface area contributed by atoms with Crippen LogP contribution in [0.1, 0.15) is 38.2 Å². The molecule has 4 heteroatoms. The zero-order valence-electron chi connectivity index (χ0n) is 11.3. The van der Waals surface area contributed by atoms with Crippen LogP contribution in [-0.4, -0.2) is 18.2 Å². The van der Waals surface area contributed by atoms with Crippen LogP contribution in [0.2, 0.25) is 10.0 Å². The van der Waals surface area contributed by atoms with Crippen molar-refractivity contribution >= 4 is 23.2 Å². The Morgan fingerprint density at radius 3 is 2.53 bits per heavy atom. The first-order valence-electron chi connectivity index (χ1n) is 6.91. The minimum absolute atomic E-state index is 0.00666. The van der Waals surface area contributed by atoms with Crippen molar-refractivity contribution in [2.45, 2.75) is 50.7 Å². The van der Waals surface area contributed by atoms with Crippen LogP contribution in [0.15, 0.2) is 18.2 Å². The SMILES string of the molecule is CCOC1(C(N)Cc2ccc(Cl)c(Cl)c2)CCCC1. The predicted molar refractivity (Wildman–Crippen MR) is 81.0 cm³/mol. The van der Waals surface area contributed by atoms with E-state index in [2.05, 4.69) is 0 Å². The molecule has 0 saturated heterocycles. The van der Waals surface area contributed by atoms with E-state index in [1.807, 2.05) is 25.1 Å². The molecule has 1 saturated carbocycles. The summed E-state index contributed by atoms with van der Waals surface area (Å²) in [4.78, 5) is 0. The maximum absolute atomic E-state index is 6.42. The van der Waals surface area contributed by atoms with E-state index in [9.17, 15) is 0 Å². The number of rotatable bonds is 5. The number of halogens is 2. The molecule has 0 heterocycles. The van der Waals surface area contributed by atoms with Gasteiger partial charge in [0.1, 0.15) is 0 Å². The lowest BCUT2D eigenvalue weighted by molar-refractivity contribution is -0.0524. The third kappa shape index (κ3) is 3.43. The Morgan fingerprint density at radius 1 is 1.26 bits per heavy atom. The van der Waals surface area contributed by atoms with Gasteiger partial charge in [-0.3, -0.25) is 0 Å². The highest BCUT2D eigenvalue weighted by Gasteiger charge is 2.40. The lowest BCUT2D eigenvalue weighted by atomic mass is 9.88. The second-order valence-electron chi connectivity index (χ2n) is 5.26. The summed E-state index contributed by atoms with van der Waals surface area (Å²) in [7, 11) is 0. The van der Waals surface area contributed by atoms with E-state index in [4.69, 9.17) is 33.7 Å². The van der Waals surface area contributed by atoms with Gasteiger partial charge in [0, 0.05) is 12.6 Å². The largest absolute Gasteiger partial charge is 0.374 e. The second-order valence-corrected chi connectivity index (χ2v) is 6.08. The average Bonchev–Trinajstić information content (AvgIpc) is 2.84. The highest BCUT2D eigenvalue weighted by Crippen LogP contribution is 2.36. The fraction of sp³-hybridized carbons (Fsp3) is 0.600. The van der Waals surface area contributed by atoms with Crippen molar-refractivity contribution in [3.05, 3.63) is 33.8 Å². The molecule has 2 rings (SSSR count). The molecule has 1 fully saturated rings. The molecule has 1 unspecified atom stereocenters. The molecule has 106 valence electrons. The van der Waals surface area contributed by atoms with Crippen LogP contribution < -0.4 is 5.73 Å². The van der Waals surface area contributed by atoms with Crippen LogP contribution >= 0.6 is 23.2 Å². The molecule has 1 aromatic carbocycles. The van der Waals surface area contributed by atoms with Gasteiger partial charge in [-0.05, 0) is 43.9 Å². The molecule has 1 atom stereocenters. The quantitative estimate of drug-likeness (QED) is 0.884. The topological polar surface area (TPSA) is 35.2 Å². The molecule has 0 aromatic heterocycles. The Bertz CT molecular complexity index is 430. The van der Waals surface area contributed by atoms with Crippen molar-refractivity contribution in [2.75, 3.05) is 6.61 Å². The van der Waals surface area contributed by atoms with E-state index in [0.717, 1.165) is 31.4 Å². The number of hydrogen-bond acceptors (Lipinski definition) is 2. The van der Waals surface area contributed by atoms with Crippen LogP contribution in [0.4, 0.5) is 0 Å². The molecular formula is C15H21Cl2NO. The molecule has 0 amide bonds. The Hall–Kier alpha value is -0.280.